The van der Waals surface area contributed by atoms with E-state index in [1.807, 2.05) is 11.0 Å². The van der Waals surface area contributed by atoms with E-state index in [0.29, 0.717) is 61.2 Å². The number of unbranched alkanes of at least 4 members (excludes halogenated alkanes) is 7. The lowest BCUT2D eigenvalue weighted by molar-refractivity contribution is -0.144. The van der Waals surface area contributed by atoms with Gasteiger partial charge in [0, 0.05) is 61.6 Å². The van der Waals surface area contributed by atoms with Crippen molar-refractivity contribution in [2.45, 2.75) is 145 Å². The Morgan fingerprint density at radius 1 is 0.904 bits per heavy atom. The minimum absolute atomic E-state index is 0.0142. The number of rotatable bonds is 23. The van der Waals surface area contributed by atoms with Gasteiger partial charge < -0.3 is 51.5 Å². The highest BCUT2D eigenvalue weighted by atomic mass is 32.1. The summed E-state index contributed by atoms with van der Waals surface area (Å²) in [6.45, 7) is 1.07. The minimum Gasteiger partial charge on any atom is -0.370 e. The van der Waals surface area contributed by atoms with Gasteiger partial charge in [-0.15, -0.1) is 11.3 Å². The van der Waals surface area contributed by atoms with E-state index < -0.39 is 96.4 Å². The van der Waals surface area contributed by atoms with Crippen LogP contribution >= 0.6 is 18.9 Å². The minimum atomic E-state index is -5.88. The lowest BCUT2D eigenvalue weighted by atomic mass is 10.0. The Kier molecular flexibility index (Phi) is 20.2. The van der Waals surface area contributed by atoms with Crippen LogP contribution in [0, 0.1) is 11.8 Å². The van der Waals surface area contributed by atoms with E-state index in [-0.39, 0.29) is 72.2 Å². The average Bonchev–Trinajstić information content (AvgIpc) is 3.29. The van der Waals surface area contributed by atoms with Gasteiger partial charge in [0.05, 0.1) is 10.2 Å². The van der Waals surface area contributed by atoms with Crippen LogP contribution in [0.2, 0.25) is 0 Å². The fourth-order valence-electron chi connectivity index (χ4n) is 10.9. The molecule has 8 rings (SSSR count). The van der Waals surface area contributed by atoms with Crippen LogP contribution in [0.3, 0.4) is 0 Å². The van der Waals surface area contributed by atoms with Crippen molar-refractivity contribution in [1.29, 1.82) is 0 Å². The number of carbonyl (C=O) groups excluding carboxylic acids is 9. The first-order valence-corrected chi connectivity index (χ1v) is 30.2. The predicted octanol–water partition coefficient (Wildman–Crippen LogP) is 3.97. The van der Waals surface area contributed by atoms with Gasteiger partial charge in [0.2, 0.25) is 41.4 Å². The number of hydrogen-bond donors (Lipinski definition) is 8. The van der Waals surface area contributed by atoms with Crippen molar-refractivity contribution in [3.05, 3.63) is 99.6 Å². The standard InChI is InChI=1S/C57H67F2N10O12PS/c1-67-30-28-37-21-24-44(69(37)56(78)42(33-67)63-53(76)54-64-40-22-20-36(31-45(40)83-54)57(58,59)82(79,80)81)51(74)62-41(23-26-46(60)70)49(72)66-48(35-16-11-9-12-17-35)52(75)61-29-13-8-6-4-2-3-5-7-10-15-34-18-14-19-38-39(34)32-68(55(38)77)43-25-27-47(71)65-50(43)73/h9,11-12,14,16-20,22,31,37,41-44,48H,2-8,13,21,23-30,32-33H2,1H3,(H2,60,70)(H,61,75)(H,62,74)(H,63,76)(H,66,72)(H,65,71,73)(H2,79,80,81)/t37-,41?,42+,43?,44+,48?/m1/s1. The number of nitrogens with zero attached hydrogens (tertiary/aromatic N) is 4. The molecule has 9 amide bonds. The molecule has 26 heteroatoms. The molecule has 4 aliphatic rings. The molecule has 3 saturated heterocycles. The van der Waals surface area contributed by atoms with Crippen LogP contribution in [0.25, 0.3) is 10.2 Å². The van der Waals surface area contributed by atoms with Crippen molar-refractivity contribution in [3.63, 3.8) is 0 Å². The summed E-state index contributed by atoms with van der Waals surface area (Å²) in [4.78, 5) is 147. The van der Waals surface area contributed by atoms with Crippen LogP contribution in [0.15, 0.2) is 66.7 Å². The summed E-state index contributed by atoms with van der Waals surface area (Å²) in [6.07, 6.45) is 7.95. The van der Waals surface area contributed by atoms with E-state index in [0.717, 1.165) is 67.9 Å². The van der Waals surface area contributed by atoms with Crippen molar-refractivity contribution >= 4 is 82.3 Å². The van der Waals surface area contributed by atoms with Crippen molar-refractivity contribution in [2.24, 2.45) is 5.73 Å². The molecule has 0 bridgehead atoms. The summed E-state index contributed by atoms with van der Waals surface area (Å²) >= 11 is 0.679. The topological polar surface area (TPSA) is 320 Å². The first-order valence-electron chi connectivity index (χ1n) is 27.7. The first-order chi connectivity index (χ1) is 39.6. The highest BCUT2D eigenvalue weighted by Crippen LogP contribution is 2.59. The third-order valence-electron chi connectivity index (χ3n) is 15.4. The molecule has 3 fully saturated rings. The molecule has 5 heterocycles. The Morgan fingerprint density at radius 2 is 1.64 bits per heavy atom. The summed E-state index contributed by atoms with van der Waals surface area (Å²) in [7, 11) is -4.12. The van der Waals surface area contributed by atoms with Crippen molar-refractivity contribution in [2.75, 3.05) is 26.7 Å². The molecule has 4 aromatic rings. The van der Waals surface area contributed by atoms with Crippen LogP contribution in [-0.4, -0.2) is 140 Å². The number of amides is 9. The number of alkyl halides is 2. The largest absolute Gasteiger partial charge is 0.399 e. The lowest BCUT2D eigenvalue weighted by Crippen LogP contribution is -2.61. The van der Waals surface area contributed by atoms with E-state index in [1.165, 1.54) is 9.80 Å². The lowest BCUT2D eigenvalue weighted by Gasteiger charge is -2.37. The van der Waals surface area contributed by atoms with Gasteiger partial charge in [-0.25, -0.2) is 4.98 Å². The number of aromatic nitrogens is 1. The number of fused-ring (bicyclic) bond motifs is 3. The van der Waals surface area contributed by atoms with Gasteiger partial charge in [0.25, 0.3) is 11.8 Å². The fourth-order valence-corrected chi connectivity index (χ4v) is 12.3. The Bertz CT molecular complexity index is 3260. The predicted molar refractivity (Wildman–Crippen MR) is 300 cm³/mol. The Balaban J connectivity index is 0.814. The number of hydrogen-bond acceptors (Lipinski definition) is 13. The molecule has 4 aliphatic heterocycles. The Labute approximate surface area is 481 Å². The number of benzene rings is 3. The summed E-state index contributed by atoms with van der Waals surface area (Å²) in [5, 5.41) is 13.2. The number of imide groups is 1. The molecule has 0 spiro atoms. The number of likely N-dealkylation sites (N-methyl/N-ethyl adjacent to an activating group) is 1. The van der Waals surface area contributed by atoms with Crippen LogP contribution in [0.1, 0.15) is 145 Å². The van der Waals surface area contributed by atoms with Gasteiger partial charge in [-0.2, -0.15) is 8.78 Å². The quantitative estimate of drug-likeness (QED) is 0.0226. The van der Waals surface area contributed by atoms with Gasteiger partial charge in [-0.1, -0.05) is 86.4 Å². The normalized spacial score (nSPS) is 20.0. The SMILES string of the molecule is CN1CC[C@H]2CC[C@@H](C(=O)NC(CCC(N)=O)C(=O)NC(C(=O)NCCCCCCCCCC#Cc3cccc4c3CN(C3CCC(=O)NC3=O)C4=O)c3ccccc3)N2C(=O)[C@@H](NC(=O)c2nc3ccc(C(F)(F)P(=O)(O)O)cc3s2)C1. The zero-order valence-electron chi connectivity index (χ0n) is 45.7. The van der Waals surface area contributed by atoms with Crippen molar-refractivity contribution < 1.29 is 66.3 Å². The molecule has 0 radical (unpaired) electrons. The maximum absolute atomic E-state index is 14.5. The van der Waals surface area contributed by atoms with Crippen LogP contribution in [0.4, 0.5) is 8.78 Å². The van der Waals surface area contributed by atoms with Crippen LogP contribution in [-0.2, 0) is 50.3 Å². The molecule has 6 atom stereocenters. The third kappa shape index (κ3) is 15.0. The van der Waals surface area contributed by atoms with Crippen molar-refractivity contribution in [1.82, 2.24) is 46.3 Å². The molecule has 9 N–H and O–H groups in total. The highest BCUT2D eigenvalue weighted by molar-refractivity contribution is 7.52. The molecule has 83 heavy (non-hydrogen) atoms. The van der Waals surface area contributed by atoms with Gasteiger partial charge in [-0.05, 0) is 93.9 Å². The molecular weight excluding hydrogens is 1120 g/mol. The molecule has 3 unspecified atom stereocenters. The number of halogens is 2. The molecule has 22 nitrogen and oxygen atoms in total. The molecule has 442 valence electrons. The third-order valence-corrected chi connectivity index (χ3v) is 17.4. The molecule has 3 aromatic carbocycles. The van der Waals surface area contributed by atoms with Gasteiger partial charge in [0.15, 0.2) is 5.01 Å². The van der Waals surface area contributed by atoms with E-state index in [1.54, 1.807) is 49.5 Å². The highest BCUT2D eigenvalue weighted by Gasteiger charge is 2.51. The van der Waals surface area contributed by atoms with Gasteiger partial charge in [0.1, 0.15) is 30.2 Å². The zero-order chi connectivity index (χ0) is 59.6. The number of piperidine rings is 1. The smallest absolute Gasteiger partial charge is 0.370 e. The van der Waals surface area contributed by atoms with E-state index in [2.05, 4.69) is 43.4 Å². The summed E-state index contributed by atoms with van der Waals surface area (Å²) in [6, 6.07) is 10.6. The van der Waals surface area contributed by atoms with Gasteiger partial charge >= 0.3 is 13.3 Å². The zero-order valence-corrected chi connectivity index (χ0v) is 47.4. The number of primary amides is 1. The molecular formula is C57H67F2N10O12PS. The van der Waals surface area contributed by atoms with E-state index >= 15 is 0 Å². The first kappa shape index (κ1) is 61.6. The Morgan fingerprint density at radius 3 is 2.36 bits per heavy atom. The van der Waals surface area contributed by atoms with Gasteiger partial charge in [-0.3, -0.25) is 53.0 Å². The van der Waals surface area contributed by atoms with Crippen LogP contribution in [0.5, 0.6) is 0 Å². The van der Waals surface area contributed by atoms with E-state index in [4.69, 9.17) is 5.73 Å². The second kappa shape index (κ2) is 27.3. The molecule has 0 aliphatic carbocycles. The second-order valence-corrected chi connectivity index (χ2v) is 24.0. The number of thiazole rings is 1. The van der Waals surface area contributed by atoms with E-state index in [9.17, 15) is 66.3 Å². The fraction of sp³-hybridized carbons (Fsp3) is 0.474. The summed E-state index contributed by atoms with van der Waals surface area (Å²) in [5.74, 6) is 1.24. The van der Waals surface area contributed by atoms with Crippen molar-refractivity contribution in [3.8, 4) is 11.8 Å². The number of carbonyl (C=O) groups is 9. The maximum Gasteiger partial charge on any atom is 0.399 e. The average molecular weight is 1190 g/mol. The summed E-state index contributed by atoms with van der Waals surface area (Å²) in [5.41, 5.74) is 2.66. The Hall–Kier alpha value is -7.49. The second-order valence-electron chi connectivity index (χ2n) is 21.3. The molecule has 1 aromatic heterocycles. The number of nitrogens with two attached hydrogens (primary N) is 1. The number of nitrogens with one attached hydrogen (secondary N) is 5. The summed E-state index contributed by atoms with van der Waals surface area (Å²) < 4.78 is 40.6. The monoisotopic (exact) mass is 1180 g/mol. The molecule has 0 saturated carbocycles. The van der Waals surface area contributed by atoms with Crippen LogP contribution < -0.4 is 32.3 Å². The maximum atomic E-state index is 14.5.